The molecule has 0 saturated carbocycles. The molecule has 1 amide bonds. The van der Waals surface area contributed by atoms with Crippen molar-refractivity contribution in [2.75, 3.05) is 18.1 Å². The van der Waals surface area contributed by atoms with Crippen LogP contribution in [-0.4, -0.2) is 62.9 Å². The first-order valence-corrected chi connectivity index (χ1v) is 13.5. The predicted octanol–water partition coefficient (Wildman–Crippen LogP) is 6.65. The number of carbonyl (C=O) groups excluding carboxylic acids is 2. The van der Waals surface area contributed by atoms with Crippen molar-refractivity contribution in [1.29, 1.82) is 0 Å². The fourth-order valence-electron chi connectivity index (χ4n) is 3.59. The van der Waals surface area contributed by atoms with Crippen LogP contribution in [0.15, 0.2) is 17.5 Å². The Hall–Kier alpha value is -1.74. The summed E-state index contributed by atoms with van der Waals surface area (Å²) in [5.74, 6) is -0.717. The third-order valence-electron chi connectivity index (χ3n) is 5.37. The first-order valence-electron chi connectivity index (χ1n) is 10.7. The third-order valence-corrected chi connectivity index (χ3v) is 8.12. The van der Waals surface area contributed by atoms with Gasteiger partial charge in [0, 0.05) is 29.0 Å². The van der Waals surface area contributed by atoms with Crippen LogP contribution in [0.1, 0.15) is 58.2 Å². The van der Waals surface area contributed by atoms with Gasteiger partial charge in [0.15, 0.2) is 10.7 Å². The molecule has 1 fully saturated rings. The Morgan fingerprint density at radius 1 is 1.08 bits per heavy atom. The van der Waals surface area contributed by atoms with Gasteiger partial charge in [-0.25, -0.2) is 9.78 Å². The van der Waals surface area contributed by atoms with E-state index in [9.17, 15) is 41.0 Å². The fraction of sp³-hybridized carbons (Fsp3) is 0.500. The van der Waals surface area contributed by atoms with Gasteiger partial charge in [0.25, 0.3) is 11.5 Å². The van der Waals surface area contributed by atoms with Crippen molar-refractivity contribution in [3.05, 3.63) is 49.4 Å². The standard InChI is InChI=1S/C22H20Cl2F6N2O4S2/c1-19(2,3)36-18(34)12-8-38-16(31-12)17(33)32-6-7-37-9-13(32)10-4-5-11(15(24)14(10)23)20(35,21(25,26)27)22(28,29)30/h4-5,8,13,35H,6-7,9H2,1-3H3. The molecule has 0 radical (unpaired) electrons. The zero-order valence-corrected chi connectivity index (χ0v) is 23.0. The molecule has 2 heterocycles. The number of nitrogens with zero attached hydrogens (tertiary/aromatic N) is 2. The summed E-state index contributed by atoms with van der Waals surface area (Å²) in [6.07, 6.45) is -12.3. The number of alkyl halides is 6. The first kappa shape index (κ1) is 30.8. The molecule has 2 aromatic rings. The highest BCUT2D eigenvalue weighted by atomic mass is 35.5. The van der Waals surface area contributed by atoms with Gasteiger partial charge in [0.1, 0.15) is 5.60 Å². The topological polar surface area (TPSA) is 79.7 Å². The Morgan fingerprint density at radius 2 is 1.68 bits per heavy atom. The van der Waals surface area contributed by atoms with E-state index in [1.54, 1.807) is 20.8 Å². The lowest BCUT2D eigenvalue weighted by atomic mass is 9.90. The van der Waals surface area contributed by atoms with Crippen molar-refractivity contribution in [1.82, 2.24) is 9.88 Å². The van der Waals surface area contributed by atoms with Crippen LogP contribution >= 0.6 is 46.3 Å². The molecule has 1 N–H and O–H groups in total. The molecule has 1 aromatic heterocycles. The lowest BCUT2D eigenvalue weighted by Gasteiger charge is -2.37. The van der Waals surface area contributed by atoms with Gasteiger partial charge in [-0.05, 0) is 26.3 Å². The van der Waals surface area contributed by atoms with Crippen LogP contribution < -0.4 is 0 Å². The fourth-order valence-corrected chi connectivity index (χ4v) is 6.01. The SMILES string of the molecule is CC(C)(C)OC(=O)c1csc(C(=O)N2CCSCC2c2ccc(C(O)(C(F)(F)F)C(F)(F)F)c(Cl)c2Cl)n1. The van der Waals surface area contributed by atoms with Gasteiger partial charge in [-0.1, -0.05) is 35.3 Å². The first-order chi connectivity index (χ1) is 17.3. The summed E-state index contributed by atoms with van der Waals surface area (Å²) in [6, 6.07) is 0.367. The van der Waals surface area contributed by atoms with E-state index in [2.05, 4.69) is 4.98 Å². The Bertz CT molecular complexity index is 1220. The van der Waals surface area contributed by atoms with Gasteiger partial charge in [0.05, 0.1) is 16.1 Å². The van der Waals surface area contributed by atoms with Crippen LogP contribution in [0.3, 0.4) is 0 Å². The molecular weight excluding hydrogens is 605 g/mol. The average molecular weight is 625 g/mol. The van der Waals surface area contributed by atoms with Gasteiger partial charge in [-0.2, -0.15) is 38.1 Å². The number of hydrogen-bond donors (Lipinski definition) is 1. The number of aromatic nitrogens is 1. The van der Waals surface area contributed by atoms with E-state index in [4.69, 9.17) is 27.9 Å². The van der Waals surface area contributed by atoms with Crippen molar-refractivity contribution >= 4 is 58.2 Å². The maximum Gasteiger partial charge on any atom is 0.430 e. The van der Waals surface area contributed by atoms with Gasteiger partial charge in [0.2, 0.25) is 0 Å². The predicted molar refractivity (Wildman–Crippen MR) is 131 cm³/mol. The number of esters is 1. The summed E-state index contributed by atoms with van der Waals surface area (Å²) in [7, 11) is 0. The van der Waals surface area contributed by atoms with Crippen LogP contribution in [0, 0.1) is 0 Å². The molecule has 3 rings (SSSR count). The monoisotopic (exact) mass is 624 g/mol. The van der Waals surface area contributed by atoms with Crippen molar-refractivity contribution in [2.24, 2.45) is 0 Å². The van der Waals surface area contributed by atoms with Crippen LogP contribution in [0.5, 0.6) is 0 Å². The van der Waals surface area contributed by atoms with Gasteiger partial charge >= 0.3 is 18.3 Å². The van der Waals surface area contributed by atoms with Crippen LogP contribution in [0.25, 0.3) is 0 Å². The second kappa shape index (κ2) is 10.7. The summed E-state index contributed by atoms with van der Waals surface area (Å²) in [6.45, 7) is 5.11. The lowest BCUT2D eigenvalue weighted by molar-refractivity contribution is -0.376. The minimum absolute atomic E-state index is 0.0170. The van der Waals surface area contributed by atoms with E-state index in [0.717, 1.165) is 17.4 Å². The molecule has 0 bridgehead atoms. The largest absolute Gasteiger partial charge is 0.455 e. The Labute approximate surface area is 231 Å². The molecule has 210 valence electrons. The second-order valence-corrected chi connectivity index (χ2v) is 11.9. The average Bonchev–Trinajstić information content (AvgIpc) is 3.28. The molecular formula is C22H20Cl2F6N2O4S2. The Balaban J connectivity index is 1.98. The highest BCUT2D eigenvalue weighted by Gasteiger charge is 2.72. The van der Waals surface area contributed by atoms with Crippen molar-refractivity contribution < 1.29 is 45.8 Å². The molecule has 0 spiro atoms. The summed E-state index contributed by atoms with van der Waals surface area (Å²) < 4.78 is 85.6. The summed E-state index contributed by atoms with van der Waals surface area (Å²) >= 11 is 14.3. The second-order valence-electron chi connectivity index (χ2n) is 9.17. The Kier molecular flexibility index (Phi) is 8.65. The van der Waals surface area contributed by atoms with E-state index in [1.165, 1.54) is 22.0 Å². The molecule has 16 heteroatoms. The molecule has 6 nitrogen and oxygen atoms in total. The van der Waals surface area contributed by atoms with Crippen molar-refractivity contribution in [3.63, 3.8) is 0 Å². The van der Waals surface area contributed by atoms with E-state index < -0.39 is 57.1 Å². The van der Waals surface area contributed by atoms with E-state index in [0.29, 0.717) is 11.8 Å². The minimum atomic E-state index is -6.15. The number of amides is 1. The number of ether oxygens (including phenoxy) is 1. The van der Waals surface area contributed by atoms with Gasteiger partial charge in [-0.3, -0.25) is 4.79 Å². The maximum absolute atomic E-state index is 13.4. The van der Waals surface area contributed by atoms with E-state index >= 15 is 0 Å². The minimum Gasteiger partial charge on any atom is -0.455 e. The zero-order valence-electron chi connectivity index (χ0n) is 19.8. The van der Waals surface area contributed by atoms with Crippen molar-refractivity contribution in [3.8, 4) is 0 Å². The number of rotatable bonds is 4. The normalized spacial score (nSPS) is 17.5. The smallest absolute Gasteiger partial charge is 0.430 e. The molecule has 1 saturated heterocycles. The van der Waals surface area contributed by atoms with E-state index in [1.807, 2.05) is 0 Å². The van der Waals surface area contributed by atoms with E-state index in [-0.39, 0.29) is 28.6 Å². The number of benzene rings is 1. The number of halogens is 8. The summed E-state index contributed by atoms with van der Waals surface area (Å²) in [4.78, 5) is 30.9. The number of hydrogen-bond acceptors (Lipinski definition) is 7. The number of carbonyl (C=O) groups is 2. The summed E-state index contributed by atoms with van der Waals surface area (Å²) in [5, 5.41) is 9.20. The molecule has 1 atom stereocenters. The molecule has 1 aliphatic heterocycles. The number of thiazole rings is 1. The van der Waals surface area contributed by atoms with Crippen molar-refractivity contribution in [2.45, 2.75) is 50.4 Å². The lowest BCUT2D eigenvalue weighted by Crippen LogP contribution is -2.54. The van der Waals surface area contributed by atoms with Gasteiger partial charge < -0.3 is 14.7 Å². The maximum atomic E-state index is 13.4. The van der Waals surface area contributed by atoms with Crippen LogP contribution in [-0.2, 0) is 10.3 Å². The molecule has 38 heavy (non-hydrogen) atoms. The highest BCUT2D eigenvalue weighted by Crippen LogP contribution is 2.53. The summed E-state index contributed by atoms with van der Waals surface area (Å²) in [5.41, 5.74) is -7.87. The zero-order chi connectivity index (χ0) is 28.8. The quantitative estimate of drug-likeness (QED) is 0.303. The third kappa shape index (κ3) is 5.88. The molecule has 1 unspecified atom stereocenters. The number of aliphatic hydroxyl groups is 1. The molecule has 1 aliphatic rings. The number of thioether (sulfide) groups is 1. The Morgan fingerprint density at radius 3 is 2.24 bits per heavy atom. The van der Waals surface area contributed by atoms with Gasteiger partial charge in [-0.15, -0.1) is 11.3 Å². The van der Waals surface area contributed by atoms with Crippen LogP contribution in [0.2, 0.25) is 10.0 Å². The van der Waals surface area contributed by atoms with Crippen LogP contribution in [0.4, 0.5) is 26.3 Å². The highest BCUT2D eigenvalue weighted by molar-refractivity contribution is 7.99. The molecule has 0 aliphatic carbocycles. The molecule has 1 aromatic carbocycles.